The lowest BCUT2D eigenvalue weighted by atomic mass is 9.86. The summed E-state index contributed by atoms with van der Waals surface area (Å²) in [4.78, 5) is 26.8. The van der Waals surface area contributed by atoms with E-state index in [-0.39, 0.29) is 36.0 Å². The van der Waals surface area contributed by atoms with Gasteiger partial charge in [-0.25, -0.2) is 0 Å². The lowest BCUT2D eigenvalue weighted by Gasteiger charge is -2.30. The van der Waals surface area contributed by atoms with Crippen molar-refractivity contribution in [2.45, 2.75) is 67.5 Å². The van der Waals surface area contributed by atoms with E-state index in [9.17, 15) is 14.9 Å². The molecule has 0 aromatic heterocycles. The number of allylic oxidation sites excluding steroid dienone is 1. The van der Waals surface area contributed by atoms with Crippen molar-refractivity contribution >= 4 is 17.8 Å². The van der Waals surface area contributed by atoms with Gasteiger partial charge in [-0.05, 0) is 58.4 Å². The van der Waals surface area contributed by atoms with Crippen molar-refractivity contribution in [3.8, 4) is 17.6 Å². The predicted molar refractivity (Wildman–Crippen MR) is 118 cm³/mol. The number of benzene rings is 1. The van der Waals surface area contributed by atoms with Gasteiger partial charge in [0, 0.05) is 17.5 Å². The van der Waals surface area contributed by atoms with Crippen molar-refractivity contribution in [3.63, 3.8) is 0 Å². The smallest absolute Gasteiger partial charge is 0.260 e. The summed E-state index contributed by atoms with van der Waals surface area (Å²) in [5.74, 6) is 0.570. The topological polar surface area (TPSA) is 79.6 Å². The third-order valence-corrected chi connectivity index (χ3v) is 4.38. The van der Waals surface area contributed by atoms with Gasteiger partial charge in [0.2, 0.25) is 0 Å². The van der Waals surface area contributed by atoms with Gasteiger partial charge < -0.3 is 14.4 Å². The second kappa shape index (κ2) is 10.8. The maximum Gasteiger partial charge on any atom is 0.260 e. The lowest BCUT2D eigenvalue weighted by Crippen LogP contribution is -2.44. The van der Waals surface area contributed by atoms with E-state index in [4.69, 9.17) is 9.47 Å². The highest BCUT2D eigenvalue weighted by Gasteiger charge is 2.25. The van der Waals surface area contributed by atoms with Gasteiger partial charge >= 0.3 is 0 Å². The first-order valence-corrected chi connectivity index (χ1v) is 10.3. The molecule has 0 aliphatic carbocycles. The molecule has 0 spiro atoms. The zero-order valence-corrected chi connectivity index (χ0v) is 19.4. The van der Waals surface area contributed by atoms with E-state index in [0.717, 1.165) is 0 Å². The number of amides is 1. The number of nitriles is 1. The Labute approximate surface area is 180 Å². The summed E-state index contributed by atoms with van der Waals surface area (Å²) in [6, 6.07) is 7.27. The van der Waals surface area contributed by atoms with Crippen LogP contribution in [-0.2, 0) is 9.59 Å². The first-order valence-electron chi connectivity index (χ1n) is 10.3. The fourth-order valence-corrected chi connectivity index (χ4v) is 3.11. The normalized spacial score (nSPS) is 12.0. The van der Waals surface area contributed by atoms with Crippen LogP contribution in [0, 0.1) is 16.7 Å². The Morgan fingerprint density at radius 3 is 2.17 bits per heavy atom. The summed E-state index contributed by atoms with van der Waals surface area (Å²) >= 11 is 0. The molecule has 6 nitrogen and oxygen atoms in total. The van der Waals surface area contributed by atoms with Crippen molar-refractivity contribution in [2.75, 3.05) is 13.2 Å². The van der Waals surface area contributed by atoms with Gasteiger partial charge in [-0.2, -0.15) is 5.26 Å². The molecule has 0 aliphatic rings. The molecule has 0 heterocycles. The molecule has 1 aromatic rings. The van der Waals surface area contributed by atoms with Crippen molar-refractivity contribution < 1.29 is 19.1 Å². The quantitative estimate of drug-likeness (QED) is 0.435. The summed E-state index contributed by atoms with van der Waals surface area (Å²) in [6.45, 7) is 15.4. The number of ketones is 1. The molecular weight excluding hydrogens is 380 g/mol. The molecule has 0 unspecified atom stereocenters. The van der Waals surface area contributed by atoms with Gasteiger partial charge in [-0.15, -0.1) is 0 Å². The third-order valence-electron chi connectivity index (χ3n) is 4.38. The van der Waals surface area contributed by atoms with Crippen molar-refractivity contribution in [3.05, 3.63) is 29.3 Å². The zero-order valence-electron chi connectivity index (χ0n) is 19.4. The molecule has 0 fully saturated rings. The van der Waals surface area contributed by atoms with Crippen LogP contribution in [0.4, 0.5) is 0 Å². The monoisotopic (exact) mass is 414 g/mol. The van der Waals surface area contributed by atoms with Gasteiger partial charge in [0.25, 0.3) is 5.91 Å². The summed E-state index contributed by atoms with van der Waals surface area (Å²) in [5, 5.41) is 9.40. The number of ether oxygens (including phenoxy) is 2. The molecule has 0 saturated carbocycles. The van der Waals surface area contributed by atoms with Crippen LogP contribution in [0.25, 0.3) is 6.08 Å². The van der Waals surface area contributed by atoms with E-state index >= 15 is 0 Å². The van der Waals surface area contributed by atoms with Crippen molar-refractivity contribution in [2.24, 2.45) is 5.41 Å². The van der Waals surface area contributed by atoms with Crippen LogP contribution in [0.2, 0.25) is 0 Å². The largest absolute Gasteiger partial charge is 0.490 e. The summed E-state index contributed by atoms with van der Waals surface area (Å²) in [7, 11) is 0. The number of carbonyl (C=O) groups is 2. The highest BCUT2D eigenvalue weighted by Crippen LogP contribution is 2.30. The molecule has 0 aliphatic heterocycles. The molecular formula is C24H34N2O4. The van der Waals surface area contributed by atoms with Gasteiger partial charge in [-0.1, -0.05) is 26.8 Å². The average molecular weight is 415 g/mol. The number of hydrogen-bond donors (Lipinski definition) is 0. The van der Waals surface area contributed by atoms with Crippen LogP contribution >= 0.6 is 0 Å². The molecule has 6 heteroatoms. The molecule has 1 rings (SSSR count). The molecule has 0 bridgehead atoms. The highest BCUT2D eigenvalue weighted by atomic mass is 16.5. The van der Waals surface area contributed by atoms with Crippen molar-refractivity contribution in [1.82, 2.24) is 4.90 Å². The number of hydrogen-bond acceptors (Lipinski definition) is 5. The molecule has 30 heavy (non-hydrogen) atoms. The lowest BCUT2D eigenvalue weighted by molar-refractivity contribution is -0.137. The van der Waals surface area contributed by atoms with Crippen LogP contribution in [0.1, 0.15) is 61.0 Å². The highest BCUT2D eigenvalue weighted by molar-refractivity contribution is 6.06. The fourth-order valence-electron chi connectivity index (χ4n) is 3.11. The molecule has 164 valence electrons. The minimum Gasteiger partial charge on any atom is -0.490 e. The third kappa shape index (κ3) is 6.91. The molecule has 1 aromatic carbocycles. The average Bonchev–Trinajstić information content (AvgIpc) is 2.63. The van der Waals surface area contributed by atoms with E-state index in [1.54, 1.807) is 49.9 Å². The van der Waals surface area contributed by atoms with E-state index < -0.39 is 5.41 Å². The Hall–Kier alpha value is -2.81. The van der Waals surface area contributed by atoms with Crippen LogP contribution in [0.3, 0.4) is 0 Å². The van der Waals surface area contributed by atoms with Gasteiger partial charge in [-0.3, -0.25) is 9.59 Å². The fraction of sp³-hybridized carbons (Fsp3) is 0.542. The van der Waals surface area contributed by atoms with Crippen molar-refractivity contribution in [1.29, 1.82) is 5.26 Å². The number of carbonyl (C=O) groups excluding carboxylic acids is 2. The van der Waals surface area contributed by atoms with Gasteiger partial charge in [0.05, 0.1) is 12.2 Å². The Kier molecular flexibility index (Phi) is 9.10. The van der Waals surface area contributed by atoms with Crippen LogP contribution < -0.4 is 9.47 Å². The standard InChI is InChI=1S/C24H34N2O4/c1-9-29-21-13-18(12-19(14-25)23(28)24(6,7)8)10-11-20(21)30-15-22(27)26(16(2)3)17(4)5/h10-13,16-17H,9,15H2,1-8H3/b19-12+. The van der Waals surface area contributed by atoms with E-state index in [1.807, 2.05) is 40.7 Å². The Morgan fingerprint density at radius 1 is 1.10 bits per heavy atom. The van der Waals surface area contributed by atoms with Crippen LogP contribution in [-0.4, -0.2) is 41.9 Å². The molecule has 0 atom stereocenters. The second-order valence-corrected chi connectivity index (χ2v) is 8.67. The minimum atomic E-state index is -0.646. The SMILES string of the molecule is CCOc1cc(/C=C(\C#N)C(=O)C(C)(C)C)ccc1OCC(=O)N(C(C)C)C(C)C. The Balaban J connectivity index is 3.12. The molecule has 0 N–H and O–H groups in total. The van der Waals surface area contributed by atoms with Crippen LogP contribution in [0.15, 0.2) is 23.8 Å². The molecule has 1 amide bonds. The van der Waals surface area contributed by atoms with E-state index in [2.05, 4.69) is 0 Å². The Morgan fingerprint density at radius 2 is 1.70 bits per heavy atom. The minimum absolute atomic E-state index is 0.0738. The molecule has 0 saturated heterocycles. The first-order chi connectivity index (χ1) is 13.9. The first kappa shape index (κ1) is 25.2. The summed E-state index contributed by atoms with van der Waals surface area (Å²) < 4.78 is 11.4. The summed E-state index contributed by atoms with van der Waals surface area (Å²) in [6.07, 6.45) is 1.55. The maximum atomic E-state index is 12.6. The summed E-state index contributed by atoms with van der Waals surface area (Å²) in [5.41, 5.74) is 0.0856. The number of Topliss-reactive ketones (excluding diaryl/α,β-unsaturated/α-hetero) is 1. The second-order valence-electron chi connectivity index (χ2n) is 8.67. The maximum absolute atomic E-state index is 12.6. The number of rotatable bonds is 9. The van der Waals surface area contributed by atoms with Gasteiger partial charge in [0.15, 0.2) is 23.9 Å². The number of nitrogens with zero attached hydrogens (tertiary/aromatic N) is 2. The molecule has 0 radical (unpaired) electrons. The zero-order chi connectivity index (χ0) is 23.1. The van der Waals surface area contributed by atoms with Crippen LogP contribution in [0.5, 0.6) is 11.5 Å². The van der Waals surface area contributed by atoms with E-state index in [0.29, 0.717) is 23.7 Å². The Bertz CT molecular complexity index is 819. The predicted octanol–water partition coefficient (Wildman–Crippen LogP) is 4.63. The van der Waals surface area contributed by atoms with E-state index in [1.165, 1.54) is 0 Å². The van der Waals surface area contributed by atoms with Gasteiger partial charge in [0.1, 0.15) is 6.07 Å².